The average molecular weight is 1030 g/mol. The van der Waals surface area contributed by atoms with E-state index >= 15 is 0 Å². The number of rotatable bonds is 14. The number of aliphatic hydroxyl groups excluding tert-OH is 1. The fraction of sp³-hybridized carbons (Fsp3) is 0.727. The van der Waals surface area contributed by atoms with E-state index in [1.807, 2.05) is 58.0 Å². The Morgan fingerprint density at radius 3 is 2.19 bits per heavy atom. The number of ether oxygens (including phenoxy) is 7. The van der Waals surface area contributed by atoms with E-state index in [-0.39, 0.29) is 37.8 Å². The zero-order valence-corrected chi connectivity index (χ0v) is 45.7. The van der Waals surface area contributed by atoms with Gasteiger partial charge in [0.15, 0.2) is 18.7 Å². The van der Waals surface area contributed by atoms with Gasteiger partial charge in [-0.2, -0.15) is 5.26 Å². The van der Waals surface area contributed by atoms with Crippen LogP contribution in [0.1, 0.15) is 114 Å². The lowest BCUT2D eigenvalue weighted by Crippen LogP contribution is -2.70. The van der Waals surface area contributed by atoms with Crippen LogP contribution in [0.3, 0.4) is 0 Å². The van der Waals surface area contributed by atoms with Gasteiger partial charge in [-0.3, -0.25) is 9.69 Å². The van der Waals surface area contributed by atoms with E-state index in [4.69, 9.17) is 33.2 Å². The summed E-state index contributed by atoms with van der Waals surface area (Å²) < 4.78 is 46.6. The number of benzene rings is 2. The van der Waals surface area contributed by atoms with Crippen LogP contribution >= 0.6 is 0 Å². The number of nitriles is 1. The standard InChI is InChI=1S/C55H87N5O13/c1-15-26-57-32-55(66)38(8)69-44(29-53(55,10)67-14)72-45-35(5)48(52(9,64)28-33(3)31-58-37(7)47(61)54(11,65)43(16-2)71-49(62)36(45)6)73-50-46(70-41-24-22-39(30-56)23-25-41)42(27-34(4)68-50)60(13)51(63)59(12)40-20-18-17-19-21-40/h17-25,33-38,42-48,50,57-58,61,64-66H,15-16,26-29,31-32H2,1-14H3/t33-,34-,35+,36-,37-,38+,42+,43-,44+,45+,46-,47-,48-,50+,52-,53-,54-,55+/m1/s1. The number of hydrogen-bond donors (Lipinski definition) is 6. The normalized spacial score (nSPS) is 39.0. The van der Waals surface area contributed by atoms with Gasteiger partial charge in [-0.15, -0.1) is 0 Å². The van der Waals surface area contributed by atoms with E-state index in [0.717, 1.165) is 6.42 Å². The minimum atomic E-state index is -1.88. The number of aliphatic hydroxyl groups is 4. The monoisotopic (exact) mass is 1030 g/mol. The van der Waals surface area contributed by atoms with Crippen LogP contribution in [0.15, 0.2) is 54.6 Å². The van der Waals surface area contributed by atoms with Gasteiger partial charge >= 0.3 is 12.0 Å². The number of hydrogen-bond acceptors (Lipinski definition) is 16. The van der Waals surface area contributed by atoms with Crippen LogP contribution in [0.2, 0.25) is 0 Å². The quantitative estimate of drug-likeness (QED) is 0.101. The largest absolute Gasteiger partial charge is 0.483 e. The van der Waals surface area contributed by atoms with Crippen LogP contribution in [0.5, 0.6) is 5.75 Å². The molecule has 3 aliphatic rings. The van der Waals surface area contributed by atoms with Crippen molar-refractivity contribution in [3.05, 3.63) is 60.2 Å². The van der Waals surface area contributed by atoms with E-state index in [9.17, 15) is 35.3 Å². The number of carbonyl (C=O) groups is 2. The molecule has 18 atom stereocenters. The van der Waals surface area contributed by atoms with Gasteiger partial charge in [-0.1, -0.05) is 45.9 Å². The van der Waals surface area contributed by atoms with Crippen molar-refractivity contribution in [3.8, 4) is 11.8 Å². The number of methoxy groups -OCH3 is 1. The van der Waals surface area contributed by atoms with Gasteiger partial charge in [-0.25, -0.2) is 4.79 Å². The number of urea groups is 1. The highest BCUT2D eigenvalue weighted by Crippen LogP contribution is 2.43. The Labute approximate surface area is 433 Å². The summed E-state index contributed by atoms with van der Waals surface area (Å²) >= 11 is 0. The Balaban J connectivity index is 1.65. The van der Waals surface area contributed by atoms with Gasteiger partial charge in [0.1, 0.15) is 34.8 Å². The van der Waals surface area contributed by atoms with Crippen LogP contribution in [0.4, 0.5) is 10.5 Å². The molecule has 3 aliphatic heterocycles. The molecule has 0 saturated carbocycles. The van der Waals surface area contributed by atoms with Gasteiger partial charge in [0.05, 0.1) is 53.6 Å². The summed E-state index contributed by atoms with van der Waals surface area (Å²) in [6, 6.07) is 16.3. The van der Waals surface area contributed by atoms with Crippen molar-refractivity contribution >= 4 is 17.7 Å². The molecule has 0 radical (unpaired) electrons. The summed E-state index contributed by atoms with van der Waals surface area (Å²) in [5.41, 5.74) is -5.20. The zero-order chi connectivity index (χ0) is 54.2. The molecule has 0 unspecified atom stereocenters. The molecule has 3 saturated heterocycles. The maximum atomic E-state index is 14.8. The Bertz CT molecular complexity index is 2110. The first-order chi connectivity index (χ1) is 34.3. The second-order valence-electron chi connectivity index (χ2n) is 21.7. The maximum absolute atomic E-state index is 14.8. The summed E-state index contributed by atoms with van der Waals surface area (Å²) in [5, 5.41) is 65.1. The molecule has 0 bridgehead atoms. The Morgan fingerprint density at radius 1 is 0.932 bits per heavy atom. The maximum Gasteiger partial charge on any atom is 0.324 e. The predicted octanol–water partition coefficient (Wildman–Crippen LogP) is 5.51. The molecule has 0 spiro atoms. The van der Waals surface area contributed by atoms with Crippen molar-refractivity contribution in [2.24, 2.45) is 17.8 Å². The van der Waals surface area contributed by atoms with Gasteiger partial charge < -0.3 is 69.1 Å². The third kappa shape index (κ3) is 13.7. The molecule has 18 heteroatoms. The number of amides is 2. The molecule has 73 heavy (non-hydrogen) atoms. The van der Waals surface area contributed by atoms with E-state index in [1.54, 1.807) is 89.7 Å². The van der Waals surface area contributed by atoms with Gasteiger partial charge in [0, 0.05) is 51.8 Å². The van der Waals surface area contributed by atoms with Crippen LogP contribution in [-0.2, 0) is 33.2 Å². The molecule has 5 rings (SSSR count). The SMILES string of the molecule is CCCNC[C@]1(O)[C@H](C)O[C@@H](O[C@H]2[C@H](C)[C@@H](O[C@@H]3O[C@H](C)C[C@H](N(C)C(=O)N(C)c4ccccc4)[C@H]3Oc3ccc(C#N)cc3)[C@](C)(O)C[C@@H](C)CN[C@H](C)[C@@H](O)[C@](C)(O)[C@@H](CC)OC(=O)[C@@H]2C)C[C@@]1(C)OC. The van der Waals surface area contributed by atoms with E-state index < -0.39 is 108 Å². The molecule has 3 heterocycles. The molecule has 0 aromatic heterocycles. The Morgan fingerprint density at radius 2 is 1.59 bits per heavy atom. The Hall–Kier alpha value is -3.97. The van der Waals surface area contributed by atoms with Gasteiger partial charge in [0.25, 0.3) is 0 Å². The van der Waals surface area contributed by atoms with E-state index in [2.05, 4.69) is 16.7 Å². The minimum Gasteiger partial charge on any atom is -0.483 e. The molecule has 2 aromatic rings. The first-order valence-corrected chi connectivity index (χ1v) is 26.2. The number of para-hydroxylation sites is 1. The van der Waals surface area contributed by atoms with Crippen molar-refractivity contribution in [3.63, 3.8) is 0 Å². The summed E-state index contributed by atoms with van der Waals surface area (Å²) in [4.78, 5) is 32.3. The highest BCUT2D eigenvalue weighted by molar-refractivity contribution is 5.91. The van der Waals surface area contributed by atoms with Crippen LogP contribution in [-0.4, -0.2) is 168 Å². The lowest BCUT2D eigenvalue weighted by Gasteiger charge is -2.53. The lowest BCUT2D eigenvalue weighted by molar-refractivity contribution is -0.335. The molecule has 6 N–H and O–H groups in total. The van der Waals surface area contributed by atoms with Crippen molar-refractivity contribution in [1.29, 1.82) is 5.26 Å². The minimum absolute atomic E-state index is 0.0351. The van der Waals surface area contributed by atoms with Gasteiger partial charge in [0.2, 0.25) is 0 Å². The van der Waals surface area contributed by atoms with Crippen molar-refractivity contribution in [2.45, 2.75) is 198 Å². The second-order valence-corrected chi connectivity index (χ2v) is 21.7. The van der Waals surface area contributed by atoms with Crippen molar-refractivity contribution in [1.82, 2.24) is 15.5 Å². The first-order valence-electron chi connectivity index (χ1n) is 26.2. The molecular weight excluding hydrogens is 939 g/mol. The average Bonchev–Trinajstić information content (AvgIpc) is 3.36. The lowest BCUT2D eigenvalue weighted by atomic mass is 9.75. The third-order valence-electron chi connectivity index (χ3n) is 15.8. The summed E-state index contributed by atoms with van der Waals surface area (Å²) in [6.45, 7) is 20.6. The molecule has 0 aliphatic carbocycles. The number of carbonyl (C=O) groups excluding carboxylic acids is 2. The number of anilines is 1. The smallest absolute Gasteiger partial charge is 0.324 e. The molecule has 2 amide bonds. The zero-order valence-electron chi connectivity index (χ0n) is 45.7. The molecule has 18 nitrogen and oxygen atoms in total. The third-order valence-corrected chi connectivity index (χ3v) is 15.8. The Kier molecular flexibility index (Phi) is 20.7. The van der Waals surface area contributed by atoms with E-state index in [1.165, 1.54) is 14.0 Å². The molecular formula is C55H87N5O13. The highest BCUT2D eigenvalue weighted by atomic mass is 16.7. The second kappa shape index (κ2) is 25.2. The fourth-order valence-electron chi connectivity index (χ4n) is 11.1. The molecule has 2 aromatic carbocycles. The van der Waals surface area contributed by atoms with Crippen LogP contribution in [0.25, 0.3) is 0 Å². The summed E-state index contributed by atoms with van der Waals surface area (Å²) in [6.07, 6.45) is -8.05. The summed E-state index contributed by atoms with van der Waals surface area (Å²) in [7, 11) is 4.92. The predicted molar refractivity (Wildman–Crippen MR) is 276 cm³/mol. The first kappa shape index (κ1) is 59.9. The molecule has 410 valence electrons. The van der Waals surface area contributed by atoms with Crippen molar-refractivity contribution < 1.29 is 63.2 Å². The highest BCUT2D eigenvalue weighted by Gasteiger charge is 2.58. The van der Waals surface area contributed by atoms with Crippen molar-refractivity contribution in [2.75, 3.05) is 45.7 Å². The van der Waals surface area contributed by atoms with E-state index in [0.29, 0.717) is 36.5 Å². The number of nitrogens with one attached hydrogen (secondary N) is 2. The topological polar surface area (TPSA) is 234 Å². The molecule has 3 fully saturated rings. The van der Waals surface area contributed by atoms with Crippen LogP contribution < -0.4 is 20.3 Å². The number of likely N-dealkylation sites (N-methyl/N-ethyl adjacent to an activating group) is 1. The number of cyclic esters (lactones) is 1. The van der Waals surface area contributed by atoms with Crippen LogP contribution in [0, 0.1) is 29.1 Å². The number of esters is 1. The number of nitrogens with zero attached hydrogens (tertiary/aromatic N) is 3. The summed E-state index contributed by atoms with van der Waals surface area (Å²) in [5.74, 6) is -2.65. The van der Waals surface area contributed by atoms with Gasteiger partial charge in [-0.05, 0) is 130 Å². The fourth-order valence-corrected chi connectivity index (χ4v) is 11.1.